The van der Waals surface area contributed by atoms with Crippen LogP contribution in [0.5, 0.6) is 0 Å². The van der Waals surface area contributed by atoms with Crippen molar-refractivity contribution >= 4 is 31.6 Å². The number of benzene rings is 1. The maximum Gasteiger partial charge on any atom is 0.240 e. The van der Waals surface area contributed by atoms with E-state index in [1.165, 1.54) is 12.1 Å². The van der Waals surface area contributed by atoms with Gasteiger partial charge in [-0.15, -0.1) is 0 Å². The summed E-state index contributed by atoms with van der Waals surface area (Å²) in [5.41, 5.74) is 6.17. The van der Waals surface area contributed by atoms with E-state index < -0.39 is 10.0 Å². The number of methoxy groups -OCH3 is 1. The minimum absolute atomic E-state index is 0.0636. The predicted octanol–water partition coefficient (Wildman–Crippen LogP) is 1.88. The number of rotatable bonds is 4. The molecule has 2 atom stereocenters. The quantitative estimate of drug-likeness (QED) is 0.814. The third kappa shape index (κ3) is 3.47. The van der Waals surface area contributed by atoms with Crippen LogP contribution in [0, 0.1) is 0 Å². The Hall–Kier alpha value is -0.630. The summed E-state index contributed by atoms with van der Waals surface area (Å²) in [7, 11) is -1.85. The average molecular weight is 349 g/mol. The molecule has 3 N–H and O–H groups in total. The molecule has 19 heavy (non-hydrogen) atoms. The summed E-state index contributed by atoms with van der Waals surface area (Å²) >= 11 is 3.23. The highest BCUT2D eigenvalue weighted by Crippen LogP contribution is 2.26. The van der Waals surface area contributed by atoms with Gasteiger partial charge in [0.05, 0.1) is 11.0 Å². The summed E-state index contributed by atoms with van der Waals surface area (Å²) < 4.78 is 33.0. The molecule has 7 heteroatoms. The lowest BCUT2D eigenvalue weighted by atomic mass is 10.3. The normalized spacial score (nSPS) is 23.7. The van der Waals surface area contributed by atoms with Crippen LogP contribution in [0.1, 0.15) is 19.3 Å². The summed E-state index contributed by atoms with van der Waals surface area (Å²) in [6.07, 6.45) is 2.54. The predicted molar refractivity (Wildman–Crippen MR) is 77.3 cm³/mol. The summed E-state index contributed by atoms with van der Waals surface area (Å²) in [5, 5.41) is 0. The van der Waals surface area contributed by atoms with Crippen molar-refractivity contribution in [3.8, 4) is 0 Å². The summed E-state index contributed by atoms with van der Waals surface area (Å²) in [6, 6.07) is 4.53. The second-order valence-electron chi connectivity index (χ2n) is 4.67. The van der Waals surface area contributed by atoms with E-state index in [0.717, 1.165) is 12.8 Å². The van der Waals surface area contributed by atoms with Gasteiger partial charge in [0.1, 0.15) is 0 Å². The largest absolute Gasteiger partial charge is 0.398 e. The monoisotopic (exact) mass is 348 g/mol. The Kier molecular flexibility index (Phi) is 4.50. The van der Waals surface area contributed by atoms with Crippen molar-refractivity contribution in [2.75, 3.05) is 12.8 Å². The molecule has 0 radical (unpaired) electrons. The first-order valence-corrected chi connectivity index (χ1v) is 8.30. The van der Waals surface area contributed by atoms with Crippen LogP contribution >= 0.6 is 15.9 Å². The third-order valence-electron chi connectivity index (χ3n) is 3.32. The lowest BCUT2D eigenvalue weighted by Crippen LogP contribution is -2.33. The standard InChI is InChI=1S/C12H17BrN2O3S/c1-18-9-3-2-8(6-9)15-19(16,17)10-4-5-12(14)11(13)7-10/h4-5,7-9,15H,2-3,6,14H2,1H3. The molecule has 0 bridgehead atoms. The van der Waals surface area contributed by atoms with Gasteiger partial charge in [0.15, 0.2) is 0 Å². The summed E-state index contributed by atoms with van der Waals surface area (Å²) in [5.74, 6) is 0. The molecular formula is C12H17BrN2O3S. The van der Waals surface area contributed by atoms with Crippen LogP contribution in [0.25, 0.3) is 0 Å². The van der Waals surface area contributed by atoms with Crippen molar-refractivity contribution in [3.63, 3.8) is 0 Å². The molecule has 0 spiro atoms. The van der Waals surface area contributed by atoms with Gasteiger partial charge in [-0.2, -0.15) is 0 Å². The number of nitrogens with two attached hydrogens (primary N) is 1. The van der Waals surface area contributed by atoms with Crippen LogP contribution in [0.4, 0.5) is 5.69 Å². The zero-order valence-electron chi connectivity index (χ0n) is 10.6. The molecular weight excluding hydrogens is 332 g/mol. The van der Waals surface area contributed by atoms with E-state index in [2.05, 4.69) is 20.7 Å². The number of nitrogen functional groups attached to an aromatic ring is 1. The van der Waals surface area contributed by atoms with Crippen molar-refractivity contribution < 1.29 is 13.2 Å². The third-order valence-corrected chi connectivity index (χ3v) is 5.53. The number of sulfonamides is 1. The maximum absolute atomic E-state index is 12.2. The molecule has 1 aromatic rings. The Labute approximate surface area is 121 Å². The van der Waals surface area contributed by atoms with Crippen LogP contribution in [0.15, 0.2) is 27.6 Å². The molecule has 2 rings (SSSR count). The molecule has 0 amide bonds. The molecule has 2 unspecified atom stereocenters. The van der Waals surface area contributed by atoms with Crippen molar-refractivity contribution in [1.29, 1.82) is 0 Å². The number of ether oxygens (including phenoxy) is 1. The molecule has 0 aromatic heterocycles. The molecule has 1 aromatic carbocycles. The first kappa shape index (κ1) is 14.8. The Morgan fingerprint density at radius 2 is 2.16 bits per heavy atom. The summed E-state index contributed by atoms with van der Waals surface area (Å²) in [4.78, 5) is 0.217. The zero-order chi connectivity index (χ0) is 14.0. The number of hydrogen-bond acceptors (Lipinski definition) is 4. The van der Waals surface area contributed by atoms with Crippen molar-refractivity contribution in [2.24, 2.45) is 0 Å². The van der Waals surface area contributed by atoms with Gasteiger partial charge >= 0.3 is 0 Å². The average Bonchev–Trinajstić information content (AvgIpc) is 2.79. The second kappa shape index (κ2) is 5.78. The fraction of sp³-hybridized carbons (Fsp3) is 0.500. The SMILES string of the molecule is COC1CCC(NS(=O)(=O)c2ccc(N)c(Br)c2)C1. The zero-order valence-corrected chi connectivity index (χ0v) is 13.0. The number of anilines is 1. The van der Waals surface area contributed by atoms with Gasteiger partial charge in [-0.3, -0.25) is 0 Å². The highest BCUT2D eigenvalue weighted by atomic mass is 79.9. The van der Waals surface area contributed by atoms with Gasteiger partial charge in [0, 0.05) is 23.3 Å². The Bertz CT molecular complexity index is 562. The van der Waals surface area contributed by atoms with E-state index in [-0.39, 0.29) is 17.0 Å². The Morgan fingerprint density at radius 1 is 1.42 bits per heavy atom. The van der Waals surface area contributed by atoms with Crippen LogP contribution in [0.3, 0.4) is 0 Å². The number of nitrogens with one attached hydrogen (secondary N) is 1. The molecule has 106 valence electrons. The van der Waals surface area contributed by atoms with Crippen LogP contribution in [-0.2, 0) is 14.8 Å². The molecule has 0 aliphatic heterocycles. The van der Waals surface area contributed by atoms with E-state index in [9.17, 15) is 8.42 Å². The molecule has 1 saturated carbocycles. The molecule has 0 heterocycles. The number of hydrogen-bond donors (Lipinski definition) is 2. The van der Waals surface area contributed by atoms with Gasteiger partial charge < -0.3 is 10.5 Å². The molecule has 1 fully saturated rings. The van der Waals surface area contributed by atoms with Crippen molar-refractivity contribution in [1.82, 2.24) is 4.72 Å². The van der Waals surface area contributed by atoms with Gasteiger partial charge in [0.25, 0.3) is 0 Å². The van der Waals surface area contributed by atoms with Crippen LogP contribution in [-0.4, -0.2) is 27.7 Å². The first-order chi connectivity index (χ1) is 8.92. The highest BCUT2D eigenvalue weighted by molar-refractivity contribution is 9.10. The molecule has 1 aliphatic rings. The lowest BCUT2D eigenvalue weighted by molar-refractivity contribution is 0.107. The minimum atomic E-state index is -3.51. The van der Waals surface area contributed by atoms with Crippen LogP contribution < -0.4 is 10.5 Å². The number of halogens is 1. The molecule has 5 nitrogen and oxygen atoms in total. The van der Waals surface area contributed by atoms with E-state index in [0.29, 0.717) is 16.6 Å². The van der Waals surface area contributed by atoms with E-state index in [1.807, 2.05) is 0 Å². The fourth-order valence-electron chi connectivity index (χ4n) is 2.22. The molecule has 0 saturated heterocycles. The van der Waals surface area contributed by atoms with Crippen molar-refractivity contribution in [2.45, 2.75) is 36.3 Å². The van der Waals surface area contributed by atoms with E-state index in [1.54, 1.807) is 13.2 Å². The minimum Gasteiger partial charge on any atom is -0.398 e. The first-order valence-electron chi connectivity index (χ1n) is 6.02. The van der Waals surface area contributed by atoms with Gasteiger partial charge in [-0.25, -0.2) is 13.1 Å². The Balaban J connectivity index is 2.12. The lowest BCUT2D eigenvalue weighted by Gasteiger charge is -2.14. The van der Waals surface area contributed by atoms with Crippen molar-refractivity contribution in [3.05, 3.63) is 22.7 Å². The highest BCUT2D eigenvalue weighted by Gasteiger charge is 2.28. The summed E-state index contributed by atoms with van der Waals surface area (Å²) in [6.45, 7) is 0. The van der Waals surface area contributed by atoms with Crippen LogP contribution in [0.2, 0.25) is 0 Å². The fourth-order valence-corrected chi connectivity index (χ4v) is 4.06. The molecule has 1 aliphatic carbocycles. The van der Waals surface area contributed by atoms with E-state index in [4.69, 9.17) is 10.5 Å². The van der Waals surface area contributed by atoms with E-state index >= 15 is 0 Å². The van der Waals surface area contributed by atoms with Gasteiger partial charge in [0.2, 0.25) is 10.0 Å². The van der Waals surface area contributed by atoms with Gasteiger partial charge in [-0.1, -0.05) is 0 Å². The second-order valence-corrected chi connectivity index (χ2v) is 7.24. The maximum atomic E-state index is 12.2. The van der Waals surface area contributed by atoms with Gasteiger partial charge in [-0.05, 0) is 53.4 Å². The topological polar surface area (TPSA) is 81.4 Å². The smallest absolute Gasteiger partial charge is 0.240 e. The Morgan fingerprint density at radius 3 is 2.74 bits per heavy atom.